The van der Waals surface area contributed by atoms with Gasteiger partial charge in [-0.3, -0.25) is 0 Å². The number of aryl methyl sites for hydroxylation is 3. The molecule has 0 N–H and O–H groups in total. The van der Waals surface area contributed by atoms with Crippen molar-refractivity contribution in [1.82, 2.24) is 0 Å². The van der Waals surface area contributed by atoms with Crippen LogP contribution in [0.25, 0.3) is 33.4 Å². The SMILES string of the molecule is Cc1cc(C)c(-c2cccc3c2-c2ccc(-c4ccccc4)cc2C3(c2cccc(Br)c2)c2cccc(Br)c2)c(C)c1. The van der Waals surface area contributed by atoms with Crippen LogP contribution < -0.4 is 0 Å². The second-order valence-electron chi connectivity index (χ2n) is 11.4. The monoisotopic (exact) mass is 668 g/mol. The molecule has 0 fully saturated rings. The van der Waals surface area contributed by atoms with E-state index in [1.165, 1.54) is 72.3 Å². The molecule has 6 aromatic carbocycles. The number of fused-ring (bicyclic) bond motifs is 3. The zero-order valence-electron chi connectivity index (χ0n) is 23.9. The van der Waals surface area contributed by atoms with Crippen molar-refractivity contribution in [1.29, 1.82) is 0 Å². The molecule has 0 aliphatic heterocycles. The quantitative estimate of drug-likeness (QED) is 0.175. The summed E-state index contributed by atoms with van der Waals surface area (Å²) in [6.45, 7) is 6.68. The Morgan fingerprint density at radius 2 is 1.07 bits per heavy atom. The highest BCUT2D eigenvalue weighted by Gasteiger charge is 2.47. The van der Waals surface area contributed by atoms with Crippen molar-refractivity contribution in [2.45, 2.75) is 26.2 Å². The number of hydrogen-bond donors (Lipinski definition) is 0. The second kappa shape index (κ2) is 10.5. The first-order valence-electron chi connectivity index (χ1n) is 14.3. The average Bonchev–Trinajstić information content (AvgIpc) is 3.28. The molecule has 2 heteroatoms. The van der Waals surface area contributed by atoms with Crippen LogP contribution in [-0.4, -0.2) is 0 Å². The Balaban J connectivity index is 1.66. The standard InChI is InChI=1S/C40H30Br2/c1-25-20-26(2)38(27(3)21-25)35-16-9-17-36-39(35)34-19-18-29(28-10-5-4-6-11-28)22-37(34)40(36,30-12-7-14-32(41)23-30)31-13-8-15-33(42)24-31/h4-24H,1-3H3. The minimum absolute atomic E-state index is 0.508. The van der Waals surface area contributed by atoms with E-state index in [1.807, 2.05) is 0 Å². The highest BCUT2D eigenvalue weighted by molar-refractivity contribution is 9.10. The molecule has 0 nitrogen and oxygen atoms in total. The molecule has 0 aromatic heterocycles. The third kappa shape index (κ3) is 4.23. The van der Waals surface area contributed by atoms with Crippen molar-refractivity contribution in [2.24, 2.45) is 0 Å². The van der Waals surface area contributed by atoms with Gasteiger partial charge in [0, 0.05) is 8.95 Å². The highest BCUT2D eigenvalue weighted by Crippen LogP contribution is 2.59. The van der Waals surface area contributed by atoms with Crippen molar-refractivity contribution >= 4 is 31.9 Å². The molecule has 0 saturated carbocycles. The molecule has 6 aromatic rings. The molecule has 42 heavy (non-hydrogen) atoms. The smallest absolute Gasteiger partial charge is 0.0622 e. The van der Waals surface area contributed by atoms with Crippen LogP contribution in [0.15, 0.2) is 136 Å². The molecular weight excluding hydrogens is 640 g/mol. The van der Waals surface area contributed by atoms with Gasteiger partial charge < -0.3 is 0 Å². The Morgan fingerprint density at radius 1 is 0.452 bits per heavy atom. The maximum atomic E-state index is 3.82. The van der Waals surface area contributed by atoms with E-state index < -0.39 is 5.41 Å². The molecule has 0 amide bonds. The maximum absolute atomic E-state index is 3.82. The summed E-state index contributed by atoms with van der Waals surface area (Å²) in [5.41, 5.74) is 16.2. The minimum Gasteiger partial charge on any atom is -0.0622 e. The lowest BCUT2D eigenvalue weighted by atomic mass is 9.67. The second-order valence-corrected chi connectivity index (χ2v) is 13.2. The fourth-order valence-electron chi connectivity index (χ4n) is 7.23. The summed E-state index contributed by atoms with van der Waals surface area (Å²) >= 11 is 7.64. The highest BCUT2D eigenvalue weighted by atomic mass is 79.9. The van der Waals surface area contributed by atoms with Crippen molar-refractivity contribution in [2.75, 3.05) is 0 Å². The maximum Gasteiger partial charge on any atom is 0.0714 e. The van der Waals surface area contributed by atoms with Crippen molar-refractivity contribution in [3.63, 3.8) is 0 Å². The van der Waals surface area contributed by atoms with Crippen LogP contribution in [0.1, 0.15) is 38.9 Å². The van der Waals surface area contributed by atoms with Crippen LogP contribution in [0.3, 0.4) is 0 Å². The van der Waals surface area contributed by atoms with E-state index in [2.05, 4.69) is 180 Å². The largest absolute Gasteiger partial charge is 0.0714 e. The summed E-state index contributed by atoms with van der Waals surface area (Å²) < 4.78 is 2.15. The zero-order chi connectivity index (χ0) is 29.0. The predicted octanol–water partition coefficient (Wildman–Crippen LogP) is 11.8. The number of hydrogen-bond acceptors (Lipinski definition) is 0. The topological polar surface area (TPSA) is 0 Å². The molecule has 0 radical (unpaired) electrons. The van der Waals surface area contributed by atoms with E-state index in [-0.39, 0.29) is 0 Å². The van der Waals surface area contributed by atoms with Crippen LogP contribution in [-0.2, 0) is 5.41 Å². The van der Waals surface area contributed by atoms with Gasteiger partial charge in [0.25, 0.3) is 0 Å². The van der Waals surface area contributed by atoms with Gasteiger partial charge in [0.1, 0.15) is 0 Å². The first kappa shape index (κ1) is 27.1. The number of rotatable bonds is 4. The molecule has 1 aliphatic rings. The van der Waals surface area contributed by atoms with E-state index in [0.29, 0.717) is 0 Å². The molecule has 0 spiro atoms. The zero-order valence-corrected chi connectivity index (χ0v) is 27.1. The summed E-state index contributed by atoms with van der Waals surface area (Å²) in [5, 5.41) is 0. The lowest BCUT2D eigenvalue weighted by Gasteiger charge is -2.34. The summed E-state index contributed by atoms with van der Waals surface area (Å²) in [6.07, 6.45) is 0. The van der Waals surface area contributed by atoms with Crippen LogP contribution >= 0.6 is 31.9 Å². The van der Waals surface area contributed by atoms with Gasteiger partial charge >= 0.3 is 0 Å². The molecular formula is C40H30Br2. The molecule has 0 unspecified atom stereocenters. The Hall–Kier alpha value is -3.72. The van der Waals surface area contributed by atoms with Gasteiger partial charge in [0.05, 0.1) is 5.41 Å². The summed E-state index contributed by atoms with van der Waals surface area (Å²) in [7, 11) is 0. The van der Waals surface area contributed by atoms with Crippen LogP contribution in [0.2, 0.25) is 0 Å². The molecule has 7 rings (SSSR count). The summed E-state index contributed by atoms with van der Waals surface area (Å²) in [5.74, 6) is 0. The van der Waals surface area contributed by atoms with Crippen LogP contribution in [0.5, 0.6) is 0 Å². The Bertz CT molecular complexity index is 1920. The van der Waals surface area contributed by atoms with E-state index >= 15 is 0 Å². The van der Waals surface area contributed by atoms with Gasteiger partial charge in [0.2, 0.25) is 0 Å². The van der Waals surface area contributed by atoms with Gasteiger partial charge in [-0.15, -0.1) is 0 Å². The Morgan fingerprint density at radius 3 is 1.69 bits per heavy atom. The fourth-order valence-corrected chi connectivity index (χ4v) is 8.03. The van der Waals surface area contributed by atoms with E-state index in [0.717, 1.165) is 8.95 Å². The van der Waals surface area contributed by atoms with E-state index in [1.54, 1.807) is 0 Å². The van der Waals surface area contributed by atoms with Gasteiger partial charge in [0.15, 0.2) is 0 Å². The minimum atomic E-state index is -0.508. The predicted molar refractivity (Wildman–Crippen MR) is 184 cm³/mol. The van der Waals surface area contributed by atoms with Crippen molar-refractivity contribution < 1.29 is 0 Å². The van der Waals surface area contributed by atoms with Gasteiger partial charge in [-0.25, -0.2) is 0 Å². The molecule has 204 valence electrons. The Labute approximate surface area is 265 Å². The third-order valence-corrected chi connectivity index (χ3v) is 9.72. The normalized spacial score (nSPS) is 13.1. The average molecular weight is 670 g/mol. The van der Waals surface area contributed by atoms with Crippen molar-refractivity contribution in [3.05, 3.63) is 175 Å². The van der Waals surface area contributed by atoms with Gasteiger partial charge in [-0.05, 0) is 118 Å². The van der Waals surface area contributed by atoms with E-state index in [9.17, 15) is 0 Å². The lowest BCUT2D eigenvalue weighted by Crippen LogP contribution is -2.28. The first-order chi connectivity index (χ1) is 20.4. The summed E-state index contributed by atoms with van der Waals surface area (Å²) in [6, 6.07) is 47.1. The molecule has 1 aliphatic carbocycles. The summed E-state index contributed by atoms with van der Waals surface area (Å²) in [4.78, 5) is 0. The van der Waals surface area contributed by atoms with Gasteiger partial charge in [-0.1, -0.05) is 134 Å². The molecule has 0 bridgehead atoms. The Kier molecular flexibility index (Phi) is 6.80. The fraction of sp³-hybridized carbons (Fsp3) is 0.100. The lowest BCUT2D eigenvalue weighted by molar-refractivity contribution is 0.767. The molecule has 0 saturated heterocycles. The van der Waals surface area contributed by atoms with Crippen LogP contribution in [0.4, 0.5) is 0 Å². The van der Waals surface area contributed by atoms with Gasteiger partial charge in [-0.2, -0.15) is 0 Å². The first-order valence-corrected chi connectivity index (χ1v) is 15.9. The van der Waals surface area contributed by atoms with Crippen LogP contribution in [0, 0.1) is 20.8 Å². The third-order valence-electron chi connectivity index (χ3n) is 8.73. The van der Waals surface area contributed by atoms with Crippen molar-refractivity contribution in [3.8, 4) is 33.4 Å². The number of benzene rings is 6. The van der Waals surface area contributed by atoms with E-state index in [4.69, 9.17) is 0 Å². The number of halogens is 2. The molecule has 0 heterocycles. The molecule has 0 atom stereocenters.